The topological polar surface area (TPSA) is 98.8 Å². The highest BCUT2D eigenvalue weighted by Gasteiger charge is 2.27. The fourth-order valence-electron chi connectivity index (χ4n) is 2.95. The molecule has 1 aliphatic rings. The Labute approximate surface area is 171 Å². The first kappa shape index (κ1) is 19.6. The maximum atomic E-state index is 13.0. The first-order valence-corrected chi connectivity index (χ1v) is 9.33. The molecule has 1 aliphatic heterocycles. The molecule has 1 aromatic heterocycles. The van der Waals surface area contributed by atoms with Gasteiger partial charge in [-0.25, -0.2) is 4.39 Å². The summed E-state index contributed by atoms with van der Waals surface area (Å²) in [6, 6.07) is 13.2. The van der Waals surface area contributed by atoms with Crippen LogP contribution in [0, 0.1) is 5.82 Å². The summed E-state index contributed by atoms with van der Waals surface area (Å²) in [6.07, 6.45) is 0.323. The lowest BCUT2D eigenvalue weighted by Gasteiger charge is -2.06. The minimum Gasteiger partial charge on any atom is -0.497 e. The van der Waals surface area contributed by atoms with Gasteiger partial charge in [0.05, 0.1) is 13.5 Å². The highest BCUT2D eigenvalue weighted by atomic mass is 19.1. The van der Waals surface area contributed by atoms with Crippen molar-refractivity contribution in [3.8, 4) is 17.2 Å². The van der Waals surface area contributed by atoms with E-state index in [0.29, 0.717) is 42.4 Å². The molecular weight excluding hydrogens is 391 g/mol. The van der Waals surface area contributed by atoms with Crippen LogP contribution in [0.2, 0.25) is 0 Å². The van der Waals surface area contributed by atoms with E-state index in [-0.39, 0.29) is 17.8 Å². The number of amides is 1. The second-order valence-electron chi connectivity index (χ2n) is 6.73. The number of hydrogen-bond acceptors (Lipinski definition) is 7. The summed E-state index contributed by atoms with van der Waals surface area (Å²) >= 11 is 0. The van der Waals surface area contributed by atoms with Crippen LogP contribution in [0.25, 0.3) is 11.5 Å². The second-order valence-corrected chi connectivity index (χ2v) is 6.73. The molecule has 30 heavy (non-hydrogen) atoms. The smallest absolute Gasteiger partial charge is 0.269 e. The first-order chi connectivity index (χ1) is 14.6. The van der Waals surface area contributed by atoms with Crippen LogP contribution >= 0.6 is 0 Å². The summed E-state index contributed by atoms with van der Waals surface area (Å²) in [5.41, 5.74) is 1.88. The third-order valence-corrected chi connectivity index (χ3v) is 4.58. The van der Waals surface area contributed by atoms with E-state index in [0.717, 1.165) is 11.3 Å². The second kappa shape index (κ2) is 8.73. The number of hydrogen-bond donors (Lipinski definition) is 1. The van der Waals surface area contributed by atoms with Crippen LogP contribution in [0.5, 0.6) is 5.75 Å². The molecule has 2 aromatic carbocycles. The highest BCUT2D eigenvalue weighted by Crippen LogP contribution is 2.20. The van der Waals surface area contributed by atoms with Gasteiger partial charge in [0, 0.05) is 18.5 Å². The van der Waals surface area contributed by atoms with Gasteiger partial charge in [-0.05, 0) is 42.0 Å². The number of carbonyl (C=O) groups excluding carboxylic acids is 1. The molecule has 0 saturated heterocycles. The lowest BCUT2D eigenvalue weighted by molar-refractivity contribution is -0.115. The first-order valence-electron chi connectivity index (χ1n) is 9.33. The van der Waals surface area contributed by atoms with Gasteiger partial charge in [0.25, 0.3) is 11.8 Å². The van der Waals surface area contributed by atoms with Gasteiger partial charge in [0.1, 0.15) is 23.4 Å². The Morgan fingerprint density at radius 2 is 1.97 bits per heavy atom. The molecule has 3 aromatic rings. The van der Waals surface area contributed by atoms with E-state index in [1.165, 1.54) is 12.1 Å². The molecule has 1 amide bonds. The lowest BCUT2D eigenvalue weighted by Crippen LogP contribution is -2.30. The average molecular weight is 410 g/mol. The number of aromatic nitrogens is 2. The van der Waals surface area contributed by atoms with Crippen molar-refractivity contribution < 1.29 is 23.3 Å². The third-order valence-electron chi connectivity index (χ3n) is 4.58. The van der Waals surface area contributed by atoms with Gasteiger partial charge in [-0.1, -0.05) is 22.4 Å². The van der Waals surface area contributed by atoms with Gasteiger partial charge in [0.2, 0.25) is 0 Å². The van der Waals surface area contributed by atoms with Crippen LogP contribution in [-0.2, 0) is 22.6 Å². The van der Waals surface area contributed by atoms with Gasteiger partial charge >= 0.3 is 0 Å². The molecule has 4 rings (SSSR count). The predicted molar refractivity (Wildman–Crippen MR) is 105 cm³/mol. The molecule has 1 atom stereocenters. The van der Waals surface area contributed by atoms with Crippen LogP contribution in [0.15, 0.2) is 58.2 Å². The molecule has 1 N–H and O–H groups in total. The van der Waals surface area contributed by atoms with Crippen molar-refractivity contribution in [1.82, 2.24) is 15.5 Å². The van der Waals surface area contributed by atoms with Crippen LogP contribution in [0.4, 0.5) is 4.39 Å². The zero-order chi connectivity index (χ0) is 20.9. The number of carbonyl (C=O) groups is 1. The Hall–Kier alpha value is -3.75. The molecule has 0 bridgehead atoms. The number of oxime groups is 1. The standard InChI is InChI=1S/C21H19FN4O4/c1-28-16-8-2-13(3-9-16)12-23-20(27)18-10-17(29-25-18)11-19-24-21(30-26-19)14-4-6-15(22)7-5-14/h2-9,17H,10-12H2,1H3,(H,23,27)/t17-/m1/s1. The molecule has 2 heterocycles. The van der Waals surface area contributed by atoms with E-state index in [9.17, 15) is 9.18 Å². The largest absolute Gasteiger partial charge is 0.497 e. The molecule has 0 aliphatic carbocycles. The van der Waals surface area contributed by atoms with Gasteiger partial charge in [-0.15, -0.1) is 0 Å². The van der Waals surface area contributed by atoms with Crippen LogP contribution in [0.1, 0.15) is 17.8 Å². The Kier molecular flexibility index (Phi) is 5.69. The lowest BCUT2D eigenvalue weighted by atomic mass is 10.1. The van der Waals surface area contributed by atoms with Gasteiger partial charge in [-0.3, -0.25) is 4.79 Å². The normalized spacial score (nSPS) is 15.4. The van der Waals surface area contributed by atoms with E-state index >= 15 is 0 Å². The molecular formula is C21H19FN4O4. The Balaban J connectivity index is 1.27. The molecule has 154 valence electrons. The summed E-state index contributed by atoms with van der Waals surface area (Å²) in [5, 5.41) is 10.6. The minimum absolute atomic E-state index is 0.284. The number of ether oxygens (including phenoxy) is 1. The number of nitrogens with zero attached hydrogens (tertiary/aromatic N) is 3. The molecule has 0 fully saturated rings. The summed E-state index contributed by atoms with van der Waals surface area (Å²) in [5.74, 6) is 0.850. The van der Waals surface area contributed by atoms with Crippen molar-refractivity contribution in [2.24, 2.45) is 5.16 Å². The third kappa shape index (κ3) is 4.62. The number of benzene rings is 2. The number of nitrogens with one attached hydrogen (secondary N) is 1. The molecule has 8 nitrogen and oxygen atoms in total. The Morgan fingerprint density at radius 3 is 2.70 bits per heavy atom. The molecule has 0 spiro atoms. The molecule has 0 unspecified atom stereocenters. The summed E-state index contributed by atoms with van der Waals surface area (Å²) in [7, 11) is 1.60. The number of rotatable bonds is 7. The molecule has 0 radical (unpaired) electrons. The van der Waals surface area contributed by atoms with Gasteiger partial charge in [-0.2, -0.15) is 4.98 Å². The van der Waals surface area contributed by atoms with Crippen LogP contribution < -0.4 is 10.1 Å². The number of halogens is 1. The van der Waals surface area contributed by atoms with E-state index < -0.39 is 0 Å². The van der Waals surface area contributed by atoms with Crippen molar-refractivity contribution in [1.29, 1.82) is 0 Å². The van der Waals surface area contributed by atoms with Gasteiger partial charge < -0.3 is 19.4 Å². The van der Waals surface area contributed by atoms with E-state index in [4.69, 9.17) is 14.1 Å². The maximum Gasteiger partial charge on any atom is 0.269 e. The highest BCUT2D eigenvalue weighted by molar-refractivity contribution is 6.39. The molecule has 9 heteroatoms. The van der Waals surface area contributed by atoms with E-state index in [2.05, 4.69) is 20.6 Å². The van der Waals surface area contributed by atoms with Crippen molar-refractivity contribution in [3.63, 3.8) is 0 Å². The fraction of sp³-hybridized carbons (Fsp3) is 0.238. The zero-order valence-corrected chi connectivity index (χ0v) is 16.2. The maximum absolute atomic E-state index is 13.0. The minimum atomic E-state index is -0.356. The molecule has 0 saturated carbocycles. The van der Waals surface area contributed by atoms with Crippen molar-refractivity contribution in [3.05, 3.63) is 65.7 Å². The quantitative estimate of drug-likeness (QED) is 0.643. The average Bonchev–Trinajstić information content (AvgIpc) is 3.43. The Morgan fingerprint density at radius 1 is 1.20 bits per heavy atom. The van der Waals surface area contributed by atoms with Crippen molar-refractivity contribution in [2.75, 3.05) is 7.11 Å². The summed E-state index contributed by atoms with van der Waals surface area (Å²) in [6.45, 7) is 0.373. The van der Waals surface area contributed by atoms with E-state index in [1.54, 1.807) is 19.2 Å². The zero-order valence-electron chi connectivity index (χ0n) is 16.2. The monoisotopic (exact) mass is 410 g/mol. The van der Waals surface area contributed by atoms with E-state index in [1.807, 2.05) is 24.3 Å². The van der Waals surface area contributed by atoms with Crippen LogP contribution in [0.3, 0.4) is 0 Å². The van der Waals surface area contributed by atoms with Crippen molar-refractivity contribution in [2.45, 2.75) is 25.5 Å². The van der Waals surface area contributed by atoms with Crippen molar-refractivity contribution >= 4 is 11.6 Å². The predicted octanol–water partition coefficient (Wildman–Crippen LogP) is 2.89. The fourth-order valence-corrected chi connectivity index (χ4v) is 2.95. The number of methoxy groups -OCH3 is 1. The van der Waals surface area contributed by atoms with Gasteiger partial charge in [0.15, 0.2) is 5.82 Å². The van der Waals surface area contributed by atoms with Crippen LogP contribution in [-0.4, -0.2) is 35.0 Å². The SMILES string of the molecule is COc1ccc(CNC(=O)C2=NO[C@@H](Cc3noc(-c4ccc(F)cc4)n3)C2)cc1. The summed E-state index contributed by atoms with van der Waals surface area (Å²) in [4.78, 5) is 22.0. The Bertz CT molecular complexity index is 1050. The summed E-state index contributed by atoms with van der Waals surface area (Å²) < 4.78 is 23.4.